The summed E-state index contributed by atoms with van der Waals surface area (Å²) in [5.41, 5.74) is 7.63. The number of fused-ring (bicyclic) bond motifs is 6. The van der Waals surface area contributed by atoms with Crippen LogP contribution in [0.4, 0.5) is 11.4 Å². The molecule has 42 heavy (non-hydrogen) atoms. The van der Waals surface area contributed by atoms with Crippen LogP contribution in [-0.2, 0) is 9.59 Å². The van der Waals surface area contributed by atoms with Gasteiger partial charge in [-0.2, -0.15) is 0 Å². The van der Waals surface area contributed by atoms with Gasteiger partial charge in [0.1, 0.15) is 6.10 Å². The minimum Gasteiger partial charge on any atom is -0.384 e. The second-order valence-electron chi connectivity index (χ2n) is 12.8. The Balaban J connectivity index is 0.000000168. The first-order valence-corrected chi connectivity index (χ1v) is 14.1. The van der Waals surface area contributed by atoms with Crippen LogP contribution >= 0.6 is 0 Å². The van der Waals surface area contributed by atoms with Crippen molar-refractivity contribution in [2.24, 2.45) is 10.8 Å². The van der Waals surface area contributed by atoms with E-state index in [2.05, 4.69) is 10.6 Å². The summed E-state index contributed by atoms with van der Waals surface area (Å²) in [5, 5.41) is 16.2. The molecule has 4 aromatic carbocycles. The molecule has 0 saturated heterocycles. The normalized spacial score (nSPS) is 14.5. The SMILES string of the molecule is CC(C)(C)C(=O)Nc1ccc2c(c1)C(=O)c1ccccc1-2.CC(C)(C)C(=O)Nc1ccc2c(c1)C(O)c1ccccc1-2. The van der Waals surface area contributed by atoms with Gasteiger partial charge in [0.05, 0.1) is 0 Å². The first-order valence-electron chi connectivity index (χ1n) is 14.1. The Labute approximate surface area is 246 Å². The molecule has 2 aliphatic rings. The van der Waals surface area contributed by atoms with Crippen molar-refractivity contribution in [2.45, 2.75) is 47.6 Å². The molecule has 4 aromatic rings. The quantitative estimate of drug-likeness (QED) is 0.207. The smallest absolute Gasteiger partial charge is 0.229 e. The van der Waals surface area contributed by atoms with Crippen molar-refractivity contribution >= 4 is 29.0 Å². The zero-order valence-corrected chi connectivity index (χ0v) is 24.8. The van der Waals surface area contributed by atoms with Crippen LogP contribution < -0.4 is 10.6 Å². The fraction of sp³-hybridized carbons (Fsp3) is 0.250. The average Bonchev–Trinajstić information content (AvgIpc) is 3.39. The van der Waals surface area contributed by atoms with Gasteiger partial charge in [0.15, 0.2) is 5.78 Å². The molecule has 6 nitrogen and oxygen atoms in total. The Morgan fingerprint density at radius 3 is 1.62 bits per heavy atom. The molecule has 0 aliphatic heterocycles. The van der Waals surface area contributed by atoms with E-state index in [0.717, 1.165) is 44.6 Å². The molecule has 0 heterocycles. The molecule has 0 fully saturated rings. The number of hydrogen-bond acceptors (Lipinski definition) is 4. The third-order valence-corrected chi connectivity index (χ3v) is 7.50. The van der Waals surface area contributed by atoms with Crippen LogP contribution in [-0.4, -0.2) is 22.7 Å². The predicted molar refractivity (Wildman–Crippen MR) is 167 cm³/mol. The second-order valence-corrected chi connectivity index (χ2v) is 12.8. The molecule has 0 bridgehead atoms. The monoisotopic (exact) mass is 560 g/mol. The van der Waals surface area contributed by atoms with Crippen LogP contribution in [0.5, 0.6) is 0 Å². The lowest BCUT2D eigenvalue weighted by atomic mass is 9.95. The maximum absolute atomic E-state index is 12.4. The third kappa shape index (κ3) is 5.50. The summed E-state index contributed by atoms with van der Waals surface area (Å²) in [5.74, 6) is -0.0784. The van der Waals surface area contributed by atoms with Crippen LogP contribution in [0, 0.1) is 10.8 Å². The first kappa shape index (κ1) is 29.0. The Morgan fingerprint density at radius 2 is 1.02 bits per heavy atom. The molecule has 3 N–H and O–H groups in total. The average molecular weight is 561 g/mol. The third-order valence-electron chi connectivity index (χ3n) is 7.50. The van der Waals surface area contributed by atoms with Gasteiger partial charge < -0.3 is 15.7 Å². The summed E-state index contributed by atoms with van der Waals surface area (Å²) in [4.78, 5) is 36.5. The summed E-state index contributed by atoms with van der Waals surface area (Å²) in [6.07, 6.45) is -0.623. The van der Waals surface area contributed by atoms with Crippen molar-refractivity contribution in [3.63, 3.8) is 0 Å². The second kappa shape index (κ2) is 10.7. The number of hydrogen-bond donors (Lipinski definition) is 3. The van der Waals surface area contributed by atoms with E-state index in [4.69, 9.17) is 0 Å². The number of anilines is 2. The highest BCUT2D eigenvalue weighted by Gasteiger charge is 2.29. The molecule has 214 valence electrons. The van der Waals surface area contributed by atoms with Gasteiger partial charge >= 0.3 is 0 Å². The minimum absolute atomic E-state index is 0.0208. The van der Waals surface area contributed by atoms with Crippen molar-refractivity contribution in [2.75, 3.05) is 10.6 Å². The van der Waals surface area contributed by atoms with E-state index in [1.54, 1.807) is 6.07 Å². The number of nitrogens with one attached hydrogen (secondary N) is 2. The molecule has 6 heteroatoms. The summed E-state index contributed by atoms with van der Waals surface area (Å²) < 4.78 is 0. The molecule has 1 atom stereocenters. The van der Waals surface area contributed by atoms with Crippen LogP contribution in [0.2, 0.25) is 0 Å². The van der Waals surface area contributed by atoms with Crippen LogP contribution in [0.15, 0.2) is 84.9 Å². The van der Waals surface area contributed by atoms with E-state index in [-0.39, 0.29) is 17.6 Å². The zero-order valence-electron chi connectivity index (χ0n) is 24.8. The highest BCUT2D eigenvalue weighted by atomic mass is 16.3. The molecule has 0 aromatic heterocycles. The lowest BCUT2D eigenvalue weighted by Crippen LogP contribution is -2.27. The number of rotatable bonds is 2. The number of carbonyl (C=O) groups is 3. The molecular formula is C36H36N2O4. The van der Waals surface area contributed by atoms with Crippen molar-refractivity contribution < 1.29 is 19.5 Å². The Kier molecular flexibility index (Phi) is 7.37. The molecule has 0 saturated carbocycles. The standard InChI is InChI=1S/C18H19NO2.C18H17NO2/c2*1-18(2,3)17(21)19-11-8-9-13-12-6-4-5-7-14(12)16(20)15(13)10-11/h4-10,16,20H,1-3H3,(H,19,21);4-10H,1-3H3,(H,19,21). The van der Waals surface area contributed by atoms with Gasteiger partial charge in [0.2, 0.25) is 11.8 Å². The van der Waals surface area contributed by atoms with Crippen LogP contribution in [0.3, 0.4) is 0 Å². The van der Waals surface area contributed by atoms with Crippen molar-refractivity contribution in [1.29, 1.82) is 0 Å². The van der Waals surface area contributed by atoms with Gasteiger partial charge in [-0.25, -0.2) is 0 Å². The maximum atomic E-state index is 12.4. The van der Waals surface area contributed by atoms with E-state index in [0.29, 0.717) is 11.3 Å². The highest BCUT2D eigenvalue weighted by Crippen LogP contribution is 2.44. The number of amides is 2. The van der Waals surface area contributed by atoms with Crippen molar-refractivity contribution in [3.8, 4) is 22.3 Å². The van der Waals surface area contributed by atoms with Crippen molar-refractivity contribution in [3.05, 3.63) is 107 Å². The van der Waals surface area contributed by atoms with E-state index in [9.17, 15) is 19.5 Å². The Morgan fingerprint density at radius 1 is 0.571 bits per heavy atom. The molecule has 0 radical (unpaired) electrons. The topological polar surface area (TPSA) is 95.5 Å². The zero-order chi connectivity index (χ0) is 30.4. The summed E-state index contributed by atoms with van der Waals surface area (Å²) in [6.45, 7) is 11.2. The predicted octanol–water partition coefficient (Wildman–Crippen LogP) is 7.62. The van der Waals surface area contributed by atoms with Gasteiger partial charge in [0, 0.05) is 33.3 Å². The van der Waals surface area contributed by atoms with Gasteiger partial charge in [0.25, 0.3) is 0 Å². The molecule has 2 aliphatic carbocycles. The maximum Gasteiger partial charge on any atom is 0.229 e. The fourth-order valence-corrected chi connectivity index (χ4v) is 5.00. The molecule has 2 amide bonds. The minimum atomic E-state index is -0.623. The Bertz CT molecular complexity index is 1720. The van der Waals surface area contributed by atoms with Crippen molar-refractivity contribution in [1.82, 2.24) is 0 Å². The largest absolute Gasteiger partial charge is 0.384 e. The van der Waals surface area contributed by atoms with E-state index in [1.165, 1.54) is 0 Å². The van der Waals surface area contributed by atoms with Gasteiger partial charge in [-0.3, -0.25) is 14.4 Å². The van der Waals surface area contributed by atoms with E-state index >= 15 is 0 Å². The summed E-state index contributed by atoms with van der Waals surface area (Å²) in [7, 11) is 0. The molecular weight excluding hydrogens is 524 g/mol. The van der Waals surface area contributed by atoms with E-state index < -0.39 is 16.9 Å². The van der Waals surface area contributed by atoms with Gasteiger partial charge in [-0.1, -0.05) is 102 Å². The summed E-state index contributed by atoms with van der Waals surface area (Å²) in [6, 6.07) is 26.6. The first-order chi connectivity index (χ1) is 19.8. The molecule has 1 unspecified atom stereocenters. The molecule has 0 spiro atoms. The number of aliphatic hydroxyl groups excluding tert-OH is 1. The number of aliphatic hydroxyl groups is 1. The number of carbonyl (C=O) groups excluding carboxylic acids is 3. The number of ketones is 1. The lowest BCUT2D eigenvalue weighted by Gasteiger charge is -2.18. The summed E-state index contributed by atoms with van der Waals surface area (Å²) >= 11 is 0. The number of benzene rings is 4. The fourth-order valence-electron chi connectivity index (χ4n) is 5.00. The van der Waals surface area contributed by atoms with Crippen LogP contribution in [0.1, 0.15) is 74.7 Å². The van der Waals surface area contributed by atoms with Gasteiger partial charge in [-0.05, 0) is 57.6 Å². The Hall–Kier alpha value is -4.55. The molecule has 6 rings (SSSR count). The van der Waals surface area contributed by atoms with E-state index in [1.807, 2.05) is 120 Å². The van der Waals surface area contributed by atoms with Gasteiger partial charge in [-0.15, -0.1) is 0 Å². The highest BCUT2D eigenvalue weighted by molar-refractivity contribution is 6.22. The van der Waals surface area contributed by atoms with Crippen LogP contribution in [0.25, 0.3) is 22.3 Å². The lowest BCUT2D eigenvalue weighted by molar-refractivity contribution is -0.123.